The van der Waals surface area contributed by atoms with Gasteiger partial charge in [0.2, 0.25) is 15.4 Å². The fourth-order valence-corrected chi connectivity index (χ4v) is 4.19. The van der Waals surface area contributed by atoms with E-state index in [2.05, 4.69) is 5.32 Å². The highest BCUT2D eigenvalue weighted by Gasteiger charge is 2.55. The van der Waals surface area contributed by atoms with Crippen molar-refractivity contribution in [2.45, 2.75) is 28.5 Å². The van der Waals surface area contributed by atoms with E-state index in [4.69, 9.17) is 16.7 Å². The smallest absolute Gasteiger partial charge is 0.395 e. The van der Waals surface area contributed by atoms with Crippen molar-refractivity contribution in [3.05, 3.63) is 53.1 Å². The van der Waals surface area contributed by atoms with Crippen LogP contribution in [0.2, 0.25) is 5.02 Å². The Morgan fingerprint density at radius 1 is 1.12 bits per heavy atom. The zero-order valence-electron chi connectivity index (χ0n) is 16.4. The number of alkyl halides is 3. The second-order valence-electron chi connectivity index (χ2n) is 6.64. The van der Waals surface area contributed by atoms with Crippen LogP contribution in [0.15, 0.2) is 52.3 Å². The zero-order chi connectivity index (χ0) is 24.3. The normalized spacial score (nSPS) is 13.8. The Labute approximate surface area is 185 Å². The van der Waals surface area contributed by atoms with Crippen LogP contribution in [0.25, 0.3) is 0 Å². The number of anilines is 1. The summed E-state index contributed by atoms with van der Waals surface area (Å²) in [5, 5.41) is 22.0. The first-order chi connectivity index (χ1) is 14.7. The molecule has 8 nitrogen and oxygen atoms in total. The predicted molar refractivity (Wildman–Crippen MR) is 108 cm³/mol. The van der Waals surface area contributed by atoms with Gasteiger partial charge in [0.25, 0.3) is 11.8 Å². The van der Waals surface area contributed by atoms with Crippen LogP contribution in [0.4, 0.5) is 18.9 Å². The Morgan fingerprint density at radius 2 is 1.75 bits per heavy atom. The largest absolute Gasteiger partial charge is 0.426 e. The van der Waals surface area contributed by atoms with Gasteiger partial charge in [-0.3, -0.25) is 9.59 Å². The van der Waals surface area contributed by atoms with Gasteiger partial charge in [-0.05, 0) is 37.3 Å². The van der Waals surface area contributed by atoms with Gasteiger partial charge in [-0.25, -0.2) is 8.42 Å². The minimum atomic E-state index is -5.26. The van der Waals surface area contributed by atoms with Gasteiger partial charge in [0.05, 0.1) is 32.7 Å². The Kier molecular flexibility index (Phi) is 7.55. The number of carbonyl (C=O) groups excluding carboxylic acids is 2. The quantitative estimate of drug-likeness (QED) is 0.466. The van der Waals surface area contributed by atoms with Crippen LogP contribution in [0, 0.1) is 0 Å². The van der Waals surface area contributed by atoms with Crippen molar-refractivity contribution in [1.29, 1.82) is 0 Å². The topological polar surface area (TPSA) is 133 Å². The lowest BCUT2D eigenvalue weighted by molar-refractivity contribution is -0.242. The summed E-state index contributed by atoms with van der Waals surface area (Å²) in [5.74, 6) is -2.56. The number of benzene rings is 2. The minimum absolute atomic E-state index is 0.102. The van der Waals surface area contributed by atoms with E-state index in [0.717, 1.165) is 18.2 Å². The maximum Gasteiger partial charge on any atom is 0.426 e. The Bertz CT molecular complexity index is 1140. The number of aliphatic hydroxyl groups excluding tert-OH is 1. The summed E-state index contributed by atoms with van der Waals surface area (Å²) in [4.78, 5) is 23.3. The average molecular weight is 495 g/mol. The van der Waals surface area contributed by atoms with Gasteiger partial charge < -0.3 is 20.8 Å². The molecule has 2 amide bonds. The van der Waals surface area contributed by atoms with Crippen LogP contribution in [0.5, 0.6) is 0 Å². The number of carbonyl (C=O) groups is 2. The molecule has 0 aliphatic heterocycles. The summed E-state index contributed by atoms with van der Waals surface area (Å²) in [6.07, 6.45) is -5.26. The highest BCUT2D eigenvalue weighted by molar-refractivity contribution is 7.91. The molecule has 13 heteroatoms. The lowest BCUT2D eigenvalue weighted by Gasteiger charge is -2.25. The molecule has 0 bridgehead atoms. The van der Waals surface area contributed by atoms with Crippen molar-refractivity contribution in [1.82, 2.24) is 5.32 Å². The van der Waals surface area contributed by atoms with E-state index in [1.54, 1.807) is 5.32 Å². The molecule has 1 atom stereocenters. The number of hydrogen-bond acceptors (Lipinski definition) is 6. The summed E-state index contributed by atoms with van der Waals surface area (Å²) in [5.41, 5.74) is -4.27. The van der Waals surface area contributed by atoms with E-state index in [9.17, 15) is 36.3 Å². The monoisotopic (exact) mass is 494 g/mol. The molecule has 32 heavy (non-hydrogen) atoms. The molecular formula is C19H18ClF3N2O6S. The molecule has 0 heterocycles. The first-order valence-corrected chi connectivity index (χ1v) is 10.7. The SMILES string of the molecule is C[C@@](O)(C(=O)Nc1ccc(S(=O)(=O)c2ccccc2C(=O)NCCO)cc1Cl)C(F)(F)F. The number of hydrogen-bond donors (Lipinski definition) is 4. The predicted octanol–water partition coefficient (Wildman–Crippen LogP) is 2.15. The van der Waals surface area contributed by atoms with E-state index in [1.165, 1.54) is 24.3 Å². The van der Waals surface area contributed by atoms with Gasteiger partial charge in [0.1, 0.15) is 0 Å². The highest BCUT2D eigenvalue weighted by atomic mass is 35.5. The van der Waals surface area contributed by atoms with E-state index >= 15 is 0 Å². The fourth-order valence-electron chi connectivity index (χ4n) is 2.42. The molecule has 2 aromatic rings. The molecule has 2 aromatic carbocycles. The second-order valence-corrected chi connectivity index (χ2v) is 8.97. The molecule has 0 spiro atoms. The third kappa shape index (κ3) is 5.21. The van der Waals surface area contributed by atoms with Crippen molar-refractivity contribution in [3.63, 3.8) is 0 Å². The van der Waals surface area contributed by atoms with Crippen LogP contribution in [-0.2, 0) is 14.6 Å². The number of amides is 2. The highest BCUT2D eigenvalue weighted by Crippen LogP contribution is 2.34. The van der Waals surface area contributed by atoms with Crippen molar-refractivity contribution < 1.29 is 41.4 Å². The van der Waals surface area contributed by atoms with E-state index in [0.29, 0.717) is 0 Å². The van der Waals surface area contributed by atoms with E-state index in [1.807, 2.05) is 0 Å². The summed E-state index contributed by atoms with van der Waals surface area (Å²) >= 11 is 5.95. The van der Waals surface area contributed by atoms with Crippen LogP contribution in [0.1, 0.15) is 17.3 Å². The molecule has 0 unspecified atom stereocenters. The molecule has 0 aromatic heterocycles. The maximum absolute atomic E-state index is 13.0. The van der Waals surface area contributed by atoms with Crippen LogP contribution < -0.4 is 10.6 Å². The van der Waals surface area contributed by atoms with Crippen LogP contribution >= 0.6 is 11.6 Å². The minimum Gasteiger partial charge on any atom is -0.395 e. The van der Waals surface area contributed by atoms with Crippen molar-refractivity contribution in [2.24, 2.45) is 0 Å². The average Bonchev–Trinajstić information content (AvgIpc) is 2.72. The van der Waals surface area contributed by atoms with Crippen LogP contribution in [0.3, 0.4) is 0 Å². The summed E-state index contributed by atoms with van der Waals surface area (Å²) in [6.45, 7) is -0.201. The van der Waals surface area contributed by atoms with Gasteiger partial charge in [-0.1, -0.05) is 23.7 Å². The molecule has 0 saturated carbocycles. The number of sulfone groups is 1. The number of halogens is 4. The van der Waals surface area contributed by atoms with E-state index < -0.39 is 43.3 Å². The number of nitrogens with one attached hydrogen (secondary N) is 2. The van der Waals surface area contributed by atoms with Gasteiger partial charge in [-0.15, -0.1) is 0 Å². The van der Waals surface area contributed by atoms with Gasteiger partial charge in [0.15, 0.2) is 0 Å². The summed E-state index contributed by atoms with van der Waals surface area (Å²) in [6, 6.07) is 8.06. The molecule has 0 aliphatic carbocycles. The Hall–Kier alpha value is -2.67. The molecule has 0 aliphatic rings. The first kappa shape index (κ1) is 25.6. The van der Waals surface area contributed by atoms with Crippen LogP contribution in [-0.4, -0.2) is 55.4 Å². The molecule has 0 fully saturated rings. The second kappa shape index (κ2) is 9.45. The van der Waals surface area contributed by atoms with Gasteiger partial charge in [0, 0.05) is 6.54 Å². The Morgan fingerprint density at radius 3 is 2.31 bits per heavy atom. The van der Waals surface area contributed by atoms with Gasteiger partial charge in [-0.2, -0.15) is 13.2 Å². The van der Waals surface area contributed by atoms with E-state index in [-0.39, 0.29) is 36.2 Å². The summed E-state index contributed by atoms with van der Waals surface area (Å²) in [7, 11) is -4.31. The number of rotatable bonds is 7. The van der Waals surface area contributed by atoms with Crippen molar-refractivity contribution in [2.75, 3.05) is 18.5 Å². The lowest BCUT2D eigenvalue weighted by Crippen LogP contribution is -2.52. The zero-order valence-corrected chi connectivity index (χ0v) is 18.0. The molecule has 174 valence electrons. The first-order valence-electron chi connectivity index (χ1n) is 8.86. The maximum atomic E-state index is 13.0. The Balaban J connectivity index is 2.40. The molecule has 2 rings (SSSR count). The lowest BCUT2D eigenvalue weighted by atomic mass is 10.1. The number of aliphatic hydroxyl groups is 2. The van der Waals surface area contributed by atoms with Crippen molar-refractivity contribution in [3.8, 4) is 0 Å². The fraction of sp³-hybridized carbons (Fsp3) is 0.263. The van der Waals surface area contributed by atoms with Gasteiger partial charge >= 0.3 is 6.18 Å². The molecular weight excluding hydrogens is 477 g/mol. The molecule has 0 radical (unpaired) electrons. The summed E-state index contributed by atoms with van der Waals surface area (Å²) < 4.78 is 64.5. The molecule has 4 N–H and O–H groups in total. The molecule has 0 saturated heterocycles. The third-order valence-electron chi connectivity index (χ3n) is 4.31. The third-order valence-corrected chi connectivity index (χ3v) is 6.43. The van der Waals surface area contributed by atoms with Crippen molar-refractivity contribution >= 4 is 38.9 Å². The standard InChI is InChI=1S/C19H18ClF3N2O6S/c1-18(29,19(21,22)23)17(28)25-14-7-6-11(10-13(14)20)32(30,31)15-5-3-2-4-12(15)16(27)24-8-9-26/h2-7,10,26,29H,8-9H2,1H3,(H,24,27)(H,25,28)/t18-/m1/s1.